The maximum absolute atomic E-state index is 12.8. The zero-order valence-corrected chi connectivity index (χ0v) is 32.7. The number of nitrogens with zero attached hydrogens (tertiary/aromatic N) is 14. The number of fused-ring (bicyclic) bond motifs is 2. The highest BCUT2D eigenvalue weighted by Gasteiger charge is 2.41. The Morgan fingerprint density at radius 1 is 0.635 bits per heavy atom. The maximum atomic E-state index is 12.8. The molecule has 63 heavy (non-hydrogen) atoms. The fourth-order valence-corrected chi connectivity index (χ4v) is 7.09. The van der Waals surface area contributed by atoms with Gasteiger partial charge in [-0.05, 0) is 37.1 Å². The van der Waals surface area contributed by atoms with Gasteiger partial charge in [0, 0.05) is 75.8 Å². The number of hydrogen-bond acceptors (Lipinski definition) is 15. The number of carbonyl (C=O) groups is 2. The van der Waals surface area contributed by atoms with Gasteiger partial charge in [0.1, 0.15) is 12.7 Å². The Hall–Kier alpha value is -7.62. The average Bonchev–Trinajstić information content (AvgIpc) is 4.15. The topological polar surface area (TPSA) is 261 Å². The van der Waals surface area contributed by atoms with Crippen LogP contribution in [0.25, 0.3) is 22.7 Å². The number of nitrogens with one attached hydrogen (secondary N) is 1. The SMILES string of the molecule is C.C.NC1(CO)CCN(c2nccn3ccnc23)C1.O=C(N[C@@]1(CO)CCN(c2nccn3ccnc23)C1)c1ncn(-c2ccccc2)n1.O=C(O)c1ncn(-c2ccccc2)n1. The third-order valence-electron chi connectivity index (χ3n) is 10.3. The fourth-order valence-electron chi connectivity index (χ4n) is 7.09. The predicted molar refractivity (Wildman–Crippen MR) is 234 cm³/mol. The van der Waals surface area contributed by atoms with Crippen LogP contribution in [0, 0.1) is 0 Å². The van der Waals surface area contributed by atoms with Crippen molar-refractivity contribution in [2.75, 3.05) is 49.2 Å². The van der Waals surface area contributed by atoms with Gasteiger partial charge in [-0.15, -0.1) is 10.2 Å². The van der Waals surface area contributed by atoms with Crippen LogP contribution >= 0.6 is 0 Å². The van der Waals surface area contributed by atoms with Gasteiger partial charge in [-0.2, -0.15) is 0 Å². The molecular weight excluding hydrogens is 809 g/mol. The Labute approximate surface area is 362 Å². The monoisotopic (exact) mass is 858 g/mol. The number of imidazole rings is 2. The number of benzene rings is 2. The second-order valence-corrected chi connectivity index (χ2v) is 14.6. The third kappa shape index (κ3) is 9.80. The van der Waals surface area contributed by atoms with E-state index in [-0.39, 0.29) is 39.7 Å². The van der Waals surface area contributed by atoms with Crippen molar-refractivity contribution in [2.45, 2.75) is 38.8 Å². The zero-order chi connectivity index (χ0) is 42.4. The minimum Gasteiger partial charge on any atom is -0.475 e. The summed E-state index contributed by atoms with van der Waals surface area (Å²) in [6.45, 7) is 2.26. The van der Waals surface area contributed by atoms with Gasteiger partial charge in [0.2, 0.25) is 5.82 Å². The highest BCUT2D eigenvalue weighted by atomic mass is 16.4. The van der Waals surface area contributed by atoms with Crippen LogP contribution in [0.2, 0.25) is 0 Å². The van der Waals surface area contributed by atoms with Crippen LogP contribution in [0.3, 0.4) is 0 Å². The van der Waals surface area contributed by atoms with E-state index in [2.05, 4.69) is 50.3 Å². The summed E-state index contributed by atoms with van der Waals surface area (Å²) in [4.78, 5) is 52.7. The summed E-state index contributed by atoms with van der Waals surface area (Å²) in [5.41, 5.74) is 7.90. The van der Waals surface area contributed by atoms with Crippen molar-refractivity contribution < 1.29 is 24.9 Å². The minimum atomic E-state index is -1.13. The van der Waals surface area contributed by atoms with Crippen LogP contribution in [-0.4, -0.2) is 136 Å². The zero-order valence-electron chi connectivity index (χ0n) is 32.7. The summed E-state index contributed by atoms with van der Waals surface area (Å²) in [6, 6.07) is 18.6. The second kappa shape index (κ2) is 19.4. The molecule has 0 bridgehead atoms. The number of aliphatic hydroxyl groups is 2. The third-order valence-corrected chi connectivity index (χ3v) is 10.3. The molecule has 0 spiro atoms. The number of aromatic nitrogens is 12. The maximum Gasteiger partial charge on any atom is 0.375 e. The first-order chi connectivity index (χ1) is 29.7. The molecule has 10 rings (SSSR count). The number of hydrogen-bond donors (Lipinski definition) is 5. The summed E-state index contributed by atoms with van der Waals surface area (Å²) in [6.07, 6.45) is 18.6. The molecule has 1 amide bonds. The number of carbonyl (C=O) groups excluding carboxylic acids is 1. The van der Waals surface area contributed by atoms with Crippen molar-refractivity contribution in [3.63, 3.8) is 0 Å². The molecule has 21 nitrogen and oxygen atoms in total. The number of nitrogens with two attached hydrogens (primary N) is 1. The van der Waals surface area contributed by atoms with Crippen molar-refractivity contribution in [1.82, 2.24) is 63.6 Å². The molecule has 8 aromatic rings. The van der Waals surface area contributed by atoms with Crippen LogP contribution in [0.4, 0.5) is 11.6 Å². The number of anilines is 2. The first-order valence-corrected chi connectivity index (χ1v) is 19.2. The van der Waals surface area contributed by atoms with Crippen LogP contribution in [-0.2, 0) is 0 Å². The van der Waals surface area contributed by atoms with Crippen molar-refractivity contribution in [1.29, 1.82) is 0 Å². The lowest BCUT2D eigenvalue weighted by Crippen LogP contribution is -2.53. The molecule has 21 heteroatoms. The Kier molecular flexibility index (Phi) is 13.8. The smallest absolute Gasteiger partial charge is 0.375 e. The first-order valence-electron chi connectivity index (χ1n) is 19.2. The van der Waals surface area contributed by atoms with Crippen LogP contribution in [0.5, 0.6) is 0 Å². The normalized spacial score (nSPS) is 17.8. The Bertz CT molecular complexity index is 2740. The predicted octanol–water partition coefficient (Wildman–Crippen LogP) is 2.55. The number of aliphatic hydroxyl groups excluding tert-OH is 2. The standard InChI is InChI=1S/C20H20N8O2.C11H15N5O.C9H7N3O2.2CH4/c29-13-20(6-9-27(12-20)18-17-21-7-10-26(17)11-8-22-18)24-19(30)16-23-14-28(25-16)15-4-2-1-3-5-15;12-11(8-17)1-4-16(7-11)10-9-13-2-5-15(9)6-3-14-10;13-9(14)8-10-6-12(11-8)7-4-2-1-3-5-7;;/h1-5,7-8,10-11,14,29H,6,9,12-13H2,(H,24,30);2-3,5-6,17H,1,4,7-8,12H2;1-6H,(H,13,14);2*1H4/t20-;;;;/m0..../s1. The summed E-state index contributed by atoms with van der Waals surface area (Å²) in [5, 5.41) is 39.0. The molecule has 6 aromatic heterocycles. The fraction of sp³-hybridized carbons (Fsp3) is 0.286. The highest BCUT2D eigenvalue weighted by Crippen LogP contribution is 2.28. The molecule has 2 aliphatic heterocycles. The van der Waals surface area contributed by atoms with Gasteiger partial charge in [0.15, 0.2) is 22.9 Å². The molecule has 328 valence electrons. The van der Waals surface area contributed by atoms with E-state index in [1.54, 1.807) is 29.5 Å². The lowest BCUT2D eigenvalue weighted by molar-refractivity contribution is 0.0683. The summed E-state index contributed by atoms with van der Waals surface area (Å²) in [5.74, 6) is -0.142. The lowest BCUT2D eigenvalue weighted by Gasteiger charge is -2.28. The molecule has 2 aliphatic rings. The molecule has 8 heterocycles. The van der Waals surface area contributed by atoms with Crippen LogP contribution < -0.4 is 20.9 Å². The van der Waals surface area contributed by atoms with E-state index in [1.165, 1.54) is 17.3 Å². The van der Waals surface area contributed by atoms with Crippen molar-refractivity contribution in [3.05, 3.63) is 135 Å². The number of rotatable bonds is 9. The lowest BCUT2D eigenvalue weighted by atomic mass is 10.00. The number of amides is 1. The van der Waals surface area contributed by atoms with Gasteiger partial charge in [0.05, 0.1) is 35.7 Å². The summed E-state index contributed by atoms with van der Waals surface area (Å²) < 4.78 is 6.78. The Balaban J connectivity index is 0.000000170. The first kappa shape index (κ1) is 44.9. The van der Waals surface area contributed by atoms with E-state index in [4.69, 9.17) is 10.8 Å². The molecule has 2 atom stereocenters. The van der Waals surface area contributed by atoms with Gasteiger partial charge < -0.3 is 45.0 Å². The Morgan fingerprint density at radius 3 is 1.59 bits per heavy atom. The molecule has 2 saturated heterocycles. The molecule has 0 saturated carbocycles. The summed E-state index contributed by atoms with van der Waals surface area (Å²) in [7, 11) is 0. The van der Waals surface area contributed by atoms with Crippen LogP contribution in [0.1, 0.15) is 48.9 Å². The molecule has 0 aliphatic carbocycles. The molecule has 6 N–H and O–H groups in total. The number of carboxylic acids is 1. The summed E-state index contributed by atoms with van der Waals surface area (Å²) >= 11 is 0. The van der Waals surface area contributed by atoms with E-state index in [1.807, 2.05) is 99.2 Å². The van der Waals surface area contributed by atoms with Crippen molar-refractivity contribution in [3.8, 4) is 11.4 Å². The van der Waals surface area contributed by atoms with E-state index < -0.39 is 23.0 Å². The number of carboxylic acid groups (broad SMARTS) is 1. The molecule has 1 unspecified atom stereocenters. The van der Waals surface area contributed by atoms with E-state index in [0.29, 0.717) is 26.1 Å². The van der Waals surface area contributed by atoms with Crippen molar-refractivity contribution in [2.24, 2.45) is 5.73 Å². The second-order valence-electron chi connectivity index (χ2n) is 14.6. The number of para-hydroxylation sites is 2. The number of aromatic carboxylic acids is 1. The molecule has 0 radical (unpaired) electrons. The molecular formula is C42H50N16O5. The average molecular weight is 859 g/mol. The van der Waals surface area contributed by atoms with Gasteiger partial charge >= 0.3 is 5.97 Å². The van der Waals surface area contributed by atoms with E-state index >= 15 is 0 Å². The van der Waals surface area contributed by atoms with Gasteiger partial charge in [-0.3, -0.25) is 4.79 Å². The van der Waals surface area contributed by atoms with Crippen LogP contribution in [0.15, 0.2) is 123 Å². The quantitative estimate of drug-likeness (QED) is 0.140. The van der Waals surface area contributed by atoms with Gasteiger partial charge in [-0.1, -0.05) is 51.3 Å². The van der Waals surface area contributed by atoms with Gasteiger partial charge in [0.25, 0.3) is 11.7 Å². The van der Waals surface area contributed by atoms with Crippen molar-refractivity contribution >= 4 is 34.8 Å². The molecule has 2 aromatic carbocycles. The minimum absolute atomic E-state index is 0. The largest absolute Gasteiger partial charge is 0.475 e. The van der Waals surface area contributed by atoms with E-state index in [9.17, 15) is 19.8 Å². The molecule has 2 fully saturated rings. The van der Waals surface area contributed by atoms with Gasteiger partial charge in [-0.25, -0.2) is 44.1 Å². The van der Waals surface area contributed by atoms with E-state index in [0.717, 1.165) is 47.3 Å². The Morgan fingerprint density at radius 2 is 1.11 bits per heavy atom. The highest BCUT2D eigenvalue weighted by molar-refractivity contribution is 5.91.